The monoisotopic (exact) mass is 290 g/mol. The van der Waals surface area contributed by atoms with Crippen molar-refractivity contribution in [1.82, 2.24) is 5.32 Å². The second-order valence-corrected chi connectivity index (χ2v) is 5.27. The minimum absolute atomic E-state index is 0.133. The fourth-order valence-electron chi connectivity index (χ4n) is 2.61. The van der Waals surface area contributed by atoms with Crippen molar-refractivity contribution < 1.29 is 14.0 Å². The van der Waals surface area contributed by atoms with Gasteiger partial charge in [0.2, 0.25) is 11.8 Å². The molecule has 0 heterocycles. The molecule has 1 aromatic carbocycles. The van der Waals surface area contributed by atoms with Crippen LogP contribution in [-0.4, -0.2) is 17.9 Å². The Morgan fingerprint density at radius 3 is 2.67 bits per heavy atom. The molecule has 2 rings (SSSR count). The minimum Gasteiger partial charge on any atom is -0.369 e. The van der Waals surface area contributed by atoms with E-state index >= 15 is 0 Å². The van der Waals surface area contributed by atoms with Crippen LogP contribution >= 0.6 is 0 Å². The number of nitrogens with one attached hydrogen (secondary N) is 1. The molecule has 0 bridgehead atoms. The Balaban J connectivity index is 1.82. The van der Waals surface area contributed by atoms with Crippen molar-refractivity contribution in [1.29, 1.82) is 0 Å². The van der Waals surface area contributed by atoms with E-state index < -0.39 is 0 Å². The van der Waals surface area contributed by atoms with E-state index in [-0.39, 0.29) is 36.0 Å². The van der Waals surface area contributed by atoms with Gasteiger partial charge in [0.25, 0.3) is 0 Å². The van der Waals surface area contributed by atoms with E-state index in [1.54, 1.807) is 24.3 Å². The smallest absolute Gasteiger partial charge is 0.224 e. The van der Waals surface area contributed by atoms with Crippen molar-refractivity contribution in [2.24, 2.45) is 11.7 Å². The first-order chi connectivity index (χ1) is 10.1. The zero-order chi connectivity index (χ0) is 15.2. The van der Waals surface area contributed by atoms with E-state index in [4.69, 9.17) is 5.73 Å². The Kier molecular flexibility index (Phi) is 5.09. The van der Waals surface area contributed by atoms with E-state index in [1.807, 2.05) is 0 Å². The highest BCUT2D eigenvalue weighted by Gasteiger charge is 2.32. The molecule has 2 unspecified atom stereocenters. The highest BCUT2D eigenvalue weighted by atomic mass is 19.1. The van der Waals surface area contributed by atoms with Gasteiger partial charge in [-0.05, 0) is 30.5 Å². The molecular formula is C16H19FN2O2. The molecule has 0 radical (unpaired) electrons. The third-order valence-corrected chi connectivity index (χ3v) is 3.71. The normalized spacial score (nSPS) is 21.6. The highest BCUT2D eigenvalue weighted by Crippen LogP contribution is 2.25. The summed E-state index contributed by atoms with van der Waals surface area (Å²) in [4.78, 5) is 23.1. The first kappa shape index (κ1) is 15.2. The quantitative estimate of drug-likeness (QED) is 0.870. The zero-order valence-electron chi connectivity index (χ0n) is 11.7. The maximum atomic E-state index is 12.7. The van der Waals surface area contributed by atoms with E-state index in [9.17, 15) is 14.0 Å². The number of halogens is 1. The lowest BCUT2D eigenvalue weighted by Crippen LogP contribution is -2.42. The number of primary amides is 1. The van der Waals surface area contributed by atoms with Gasteiger partial charge in [-0.1, -0.05) is 30.7 Å². The molecule has 21 heavy (non-hydrogen) atoms. The summed E-state index contributed by atoms with van der Waals surface area (Å²) in [6.07, 6.45) is 6.14. The molecule has 0 saturated heterocycles. The third kappa shape index (κ3) is 4.41. The van der Waals surface area contributed by atoms with Crippen LogP contribution in [0.5, 0.6) is 0 Å². The number of amides is 2. The summed E-state index contributed by atoms with van der Waals surface area (Å²) in [6.45, 7) is 0. The van der Waals surface area contributed by atoms with Crippen LogP contribution in [0.4, 0.5) is 4.39 Å². The van der Waals surface area contributed by atoms with Crippen molar-refractivity contribution in [2.45, 2.75) is 31.7 Å². The molecule has 1 aliphatic carbocycles. The van der Waals surface area contributed by atoms with Crippen LogP contribution < -0.4 is 11.1 Å². The molecule has 0 aromatic heterocycles. The Bertz CT molecular complexity index is 540. The molecule has 5 heteroatoms. The molecule has 2 atom stereocenters. The van der Waals surface area contributed by atoms with E-state index in [1.165, 1.54) is 12.1 Å². The number of carbonyl (C=O) groups is 2. The lowest BCUT2D eigenvalue weighted by molar-refractivity contribution is -0.124. The van der Waals surface area contributed by atoms with Crippen LogP contribution in [0.25, 0.3) is 6.08 Å². The summed E-state index contributed by atoms with van der Waals surface area (Å²) < 4.78 is 12.7. The molecular weight excluding hydrogens is 271 g/mol. The maximum Gasteiger partial charge on any atom is 0.224 e. The number of benzene rings is 1. The molecule has 0 aliphatic heterocycles. The largest absolute Gasteiger partial charge is 0.369 e. The number of hydrogen-bond donors (Lipinski definition) is 2. The molecule has 4 nitrogen and oxygen atoms in total. The number of carbonyl (C=O) groups excluding carboxylic acids is 2. The lowest BCUT2D eigenvalue weighted by Gasteiger charge is -2.17. The van der Waals surface area contributed by atoms with Crippen molar-refractivity contribution >= 4 is 17.9 Å². The summed E-state index contributed by atoms with van der Waals surface area (Å²) in [7, 11) is 0. The lowest BCUT2D eigenvalue weighted by atomic mass is 10.0. The van der Waals surface area contributed by atoms with E-state index in [2.05, 4.69) is 5.32 Å². The van der Waals surface area contributed by atoms with Gasteiger partial charge in [0, 0.05) is 12.5 Å². The van der Waals surface area contributed by atoms with E-state index in [0.29, 0.717) is 0 Å². The summed E-state index contributed by atoms with van der Waals surface area (Å²) in [5.41, 5.74) is 6.15. The van der Waals surface area contributed by atoms with Gasteiger partial charge in [-0.15, -0.1) is 0 Å². The Morgan fingerprint density at radius 1 is 1.29 bits per heavy atom. The topological polar surface area (TPSA) is 72.2 Å². The second-order valence-electron chi connectivity index (χ2n) is 5.27. The number of nitrogens with two attached hydrogens (primary N) is 1. The molecule has 1 aliphatic rings. The molecule has 0 spiro atoms. The average Bonchev–Trinajstić information content (AvgIpc) is 2.89. The van der Waals surface area contributed by atoms with Gasteiger partial charge in [0.1, 0.15) is 5.82 Å². The van der Waals surface area contributed by atoms with Gasteiger partial charge in [-0.3, -0.25) is 9.59 Å². The average molecular weight is 290 g/mol. The van der Waals surface area contributed by atoms with Gasteiger partial charge < -0.3 is 11.1 Å². The summed E-state index contributed by atoms with van der Waals surface area (Å²) in [6, 6.07) is 5.88. The van der Waals surface area contributed by atoms with Crippen molar-refractivity contribution in [3.05, 3.63) is 41.7 Å². The zero-order valence-corrected chi connectivity index (χ0v) is 11.7. The molecule has 112 valence electrons. The highest BCUT2D eigenvalue weighted by molar-refractivity contribution is 5.82. The summed E-state index contributed by atoms with van der Waals surface area (Å²) in [5.74, 6) is -1.02. The fraction of sp³-hybridized carbons (Fsp3) is 0.375. The van der Waals surface area contributed by atoms with Gasteiger partial charge in [0.15, 0.2) is 0 Å². The van der Waals surface area contributed by atoms with Crippen LogP contribution in [0.1, 0.15) is 31.2 Å². The van der Waals surface area contributed by atoms with Crippen LogP contribution in [0.3, 0.4) is 0 Å². The SMILES string of the molecule is NC(=O)C1CCCC1NC(=O)C/C=C/c1ccc(F)cc1. The second kappa shape index (κ2) is 7.02. The molecule has 1 fully saturated rings. The van der Waals surface area contributed by atoms with Crippen LogP contribution in [0, 0.1) is 11.7 Å². The fourth-order valence-corrected chi connectivity index (χ4v) is 2.61. The Hall–Kier alpha value is -2.17. The maximum absolute atomic E-state index is 12.7. The van der Waals surface area contributed by atoms with Gasteiger partial charge >= 0.3 is 0 Å². The van der Waals surface area contributed by atoms with Crippen LogP contribution in [0.2, 0.25) is 0 Å². The molecule has 2 amide bonds. The predicted molar refractivity (Wildman–Crippen MR) is 78.5 cm³/mol. The first-order valence-electron chi connectivity index (χ1n) is 7.07. The van der Waals surface area contributed by atoms with Crippen LogP contribution in [-0.2, 0) is 9.59 Å². The minimum atomic E-state index is -0.348. The summed E-state index contributed by atoms with van der Waals surface area (Å²) >= 11 is 0. The first-order valence-corrected chi connectivity index (χ1v) is 7.07. The summed E-state index contributed by atoms with van der Waals surface area (Å²) in [5, 5.41) is 2.85. The molecule has 1 aromatic rings. The Labute approximate surface area is 123 Å². The van der Waals surface area contributed by atoms with Crippen molar-refractivity contribution in [3.63, 3.8) is 0 Å². The Morgan fingerprint density at radius 2 is 2.00 bits per heavy atom. The predicted octanol–water partition coefficient (Wildman–Crippen LogP) is 2.00. The number of hydrogen-bond acceptors (Lipinski definition) is 2. The van der Waals surface area contributed by atoms with E-state index in [0.717, 1.165) is 24.8 Å². The van der Waals surface area contributed by atoms with Crippen LogP contribution in [0.15, 0.2) is 30.3 Å². The number of rotatable bonds is 5. The van der Waals surface area contributed by atoms with Gasteiger partial charge in [0.05, 0.1) is 5.92 Å². The van der Waals surface area contributed by atoms with Crippen molar-refractivity contribution in [3.8, 4) is 0 Å². The van der Waals surface area contributed by atoms with Crippen molar-refractivity contribution in [2.75, 3.05) is 0 Å². The van der Waals surface area contributed by atoms with Gasteiger partial charge in [-0.2, -0.15) is 0 Å². The van der Waals surface area contributed by atoms with Gasteiger partial charge in [-0.25, -0.2) is 4.39 Å². The molecule has 1 saturated carbocycles. The standard InChI is InChI=1S/C16H19FN2O2/c17-12-9-7-11(8-10-12)3-1-6-15(20)19-14-5-2-4-13(14)16(18)21/h1,3,7-10,13-14H,2,4-6H2,(H2,18,21)(H,19,20)/b3-1+. The molecule has 3 N–H and O–H groups in total. The third-order valence-electron chi connectivity index (χ3n) is 3.71.